The molecule has 28 heavy (non-hydrogen) atoms. The number of amides is 2. The highest BCUT2D eigenvalue weighted by atomic mass is 79.9. The van der Waals surface area contributed by atoms with Crippen LogP contribution in [-0.4, -0.2) is 43.4 Å². The topological polar surface area (TPSA) is 75.7 Å². The van der Waals surface area contributed by atoms with E-state index in [9.17, 15) is 18.8 Å². The maximum absolute atomic E-state index is 13.6. The third kappa shape index (κ3) is 6.31. The molecule has 0 saturated heterocycles. The summed E-state index contributed by atoms with van der Waals surface area (Å²) in [5.41, 5.74) is 1.16. The molecule has 0 bridgehead atoms. The van der Waals surface area contributed by atoms with Crippen LogP contribution in [0.4, 0.5) is 10.1 Å². The van der Waals surface area contributed by atoms with Gasteiger partial charge in [-0.25, -0.2) is 9.18 Å². The van der Waals surface area contributed by atoms with Crippen LogP contribution in [0.2, 0.25) is 0 Å². The summed E-state index contributed by atoms with van der Waals surface area (Å²) in [6.45, 7) is -0.498. The number of carbonyl (C=O) groups excluding carboxylic acids is 3. The lowest BCUT2D eigenvalue weighted by molar-refractivity contribution is -0.142. The van der Waals surface area contributed by atoms with Crippen molar-refractivity contribution in [1.82, 2.24) is 4.90 Å². The number of hydrogen-bond donors (Lipinski definition) is 1. The van der Waals surface area contributed by atoms with Crippen LogP contribution in [0.1, 0.15) is 15.9 Å². The summed E-state index contributed by atoms with van der Waals surface area (Å²) < 4.78 is 19.1. The minimum absolute atomic E-state index is 0.152. The van der Waals surface area contributed by atoms with E-state index in [1.807, 2.05) is 0 Å². The van der Waals surface area contributed by atoms with E-state index < -0.39 is 24.3 Å². The Hall–Kier alpha value is -3.00. The van der Waals surface area contributed by atoms with Gasteiger partial charge in [-0.2, -0.15) is 0 Å². The summed E-state index contributed by atoms with van der Waals surface area (Å²) in [4.78, 5) is 36.8. The molecule has 2 rings (SSSR count). The van der Waals surface area contributed by atoms with Crippen LogP contribution in [-0.2, 0) is 14.3 Å². The Bertz CT molecular complexity index is 911. The molecule has 8 heteroatoms. The van der Waals surface area contributed by atoms with Gasteiger partial charge in [-0.15, -0.1) is 0 Å². The highest BCUT2D eigenvalue weighted by Gasteiger charge is 2.09. The van der Waals surface area contributed by atoms with Gasteiger partial charge < -0.3 is 15.0 Å². The van der Waals surface area contributed by atoms with Crippen molar-refractivity contribution in [3.05, 3.63) is 70.0 Å². The summed E-state index contributed by atoms with van der Waals surface area (Å²) in [6.07, 6.45) is 2.31. The van der Waals surface area contributed by atoms with Crippen LogP contribution in [0.3, 0.4) is 0 Å². The standard InChI is InChI=1S/C20H18BrFN2O4/c1-24(2)20(27)13-3-7-16(8-4-13)23-18(25)12-28-19(26)10-5-14-11-15(21)6-9-17(14)22/h3-11H,12H2,1-2H3,(H,23,25)/b10-5+. The summed E-state index contributed by atoms with van der Waals surface area (Å²) in [7, 11) is 3.29. The van der Waals surface area contributed by atoms with Crippen molar-refractivity contribution in [1.29, 1.82) is 0 Å². The van der Waals surface area contributed by atoms with E-state index in [4.69, 9.17) is 4.74 Å². The molecule has 6 nitrogen and oxygen atoms in total. The van der Waals surface area contributed by atoms with Gasteiger partial charge in [0.05, 0.1) is 0 Å². The van der Waals surface area contributed by atoms with Gasteiger partial charge in [0.25, 0.3) is 11.8 Å². The zero-order valence-corrected chi connectivity index (χ0v) is 16.8. The number of carbonyl (C=O) groups is 3. The molecule has 1 N–H and O–H groups in total. The second-order valence-corrected chi connectivity index (χ2v) is 6.85. The fourth-order valence-corrected chi connectivity index (χ4v) is 2.52. The Balaban J connectivity index is 1.85. The monoisotopic (exact) mass is 448 g/mol. The predicted octanol–water partition coefficient (Wildman–Crippen LogP) is 3.49. The van der Waals surface area contributed by atoms with Crippen molar-refractivity contribution in [2.24, 2.45) is 0 Å². The van der Waals surface area contributed by atoms with Crippen LogP contribution < -0.4 is 5.32 Å². The summed E-state index contributed by atoms with van der Waals surface area (Å²) in [5.74, 6) is -1.95. The van der Waals surface area contributed by atoms with Crippen LogP contribution in [0, 0.1) is 5.82 Å². The number of hydrogen-bond acceptors (Lipinski definition) is 4. The predicted molar refractivity (Wildman–Crippen MR) is 107 cm³/mol. The Morgan fingerprint density at radius 2 is 1.82 bits per heavy atom. The number of anilines is 1. The minimum atomic E-state index is -0.776. The molecule has 2 aromatic carbocycles. The van der Waals surface area contributed by atoms with E-state index in [0.29, 0.717) is 15.7 Å². The van der Waals surface area contributed by atoms with Gasteiger partial charge in [0.1, 0.15) is 5.82 Å². The minimum Gasteiger partial charge on any atom is -0.452 e. The molecule has 0 saturated carbocycles. The van der Waals surface area contributed by atoms with Crippen molar-refractivity contribution in [2.75, 3.05) is 26.0 Å². The first kappa shape index (κ1) is 21.3. The normalized spacial score (nSPS) is 10.6. The maximum atomic E-state index is 13.6. The number of nitrogens with one attached hydrogen (secondary N) is 1. The molecule has 0 aromatic heterocycles. The van der Waals surface area contributed by atoms with Crippen LogP contribution in [0.5, 0.6) is 0 Å². The Labute approximate surface area is 170 Å². The molecular weight excluding hydrogens is 431 g/mol. The Kier molecular flexibility index (Phi) is 7.45. The molecule has 0 aliphatic carbocycles. The van der Waals surface area contributed by atoms with Crippen LogP contribution in [0.25, 0.3) is 6.08 Å². The Morgan fingerprint density at radius 3 is 2.46 bits per heavy atom. The quantitative estimate of drug-likeness (QED) is 0.542. The first-order chi connectivity index (χ1) is 13.3. The zero-order valence-electron chi connectivity index (χ0n) is 15.2. The van der Waals surface area contributed by atoms with E-state index in [-0.39, 0.29) is 11.5 Å². The number of esters is 1. The van der Waals surface area contributed by atoms with Gasteiger partial charge in [0.2, 0.25) is 0 Å². The van der Waals surface area contributed by atoms with Gasteiger partial charge in [-0.3, -0.25) is 9.59 Å². The van der Waals surface area contributed by atoms with E-state index in [1.165, 1.54) is 29.2 Å². The number of halogens is 2. The highest BCUT2D eigenvalue weighted by Crippen LogP contribution is 2.16. The molecule has 0 aliphatic rings. The molecule has 0 atom stereocenters. The Morgan fingerprint density at radius 1 is 1.14 bits per heavy atom. The van der Waals surface area contributed by atoms with E-state index in [1.54, 1.807) is 38.4 Å². The van der Waals surface area contributed by atoms with Gasteiger partial charge in [0.15, 0.2) is 6.61 Å². The molecule has 0 aliphatic heterocycles. The van der Waals surface area contributed by atoms with Gasteiger partial charge in [0, 0.05) is 41.5 Å². The largest absolute Gasteiger partial charge is 0.452 e. The molecule has 0 spiro atoms. The number of benzene rings is 2. The first-order valence-corrected chi connectivity index (χ1v) is 8.97. The van der Waals surface area contributed by atoms with Crippen LogP contribution in [0.15, 0.2) is 53.0 Å². The highest BCUT2D eigenvalue weighted by molar-refractivity contribution is 9.10. The number of rotatable bonds is 6. The first-order valence-electron chi connectivity index (χ1n) is 8.17. The third-order valence-electron chi connectivity index (χ3n) is 3.52. The smallest absolute Gasteiger partial charge is 0.331 e. The molecule has 0 heterocycles. The van der Waals surface area contributed by atoms with Crippen LogP contribution >= 0.6 is 15.9 Å². The fraction of sp³-hybridized carbons (Fsp3) is 0.150. The average Bonchev–Trinajstić information content (AvgIpc) is 2.67. The number of nitrogens with zero attached hydrogens (tertiary/aromatic N) is 1. The SMILES string of the molecule is CN(C)C(=O)c1ccc(NC(=O)COC(=O)/C=C/c2cc(Br)ccc2F)cc1. The maximum Gasteiger partial charge on any atom is 0.331 e. The molecular formula is C20H18BrFN2O4. The third-order valence-corrected chi connectivity index (χ3v) is 4.02. The van der Waals surface area contributed by atoms with Crippen molar-refractivity contribution in [3.63, 3.8) is 0 Å². The van der Waals surface area contributed by atoms with E-state index in [0.717, 1.165) is 6.08 Å². The summed E-state index contributed by atoms with van der Waals surface area (Å²) >= 11 is 3.21. The number of ether oxygens (including phenoxy) is 1. The molecule has 146 valence electrons. The van der Waals surface area contributed by atoms with Gasteiger partial charge in [-0.05, 0) is 48.5 Å². The second-order valence-electron chi connectivity index (χ2n) is 5.93. The second kappa shape index (κ2) is 9.80. The average molecular weight is 449 g/mol. The fourth-order valence-electron chi connectivity index (χ4n) is 2.14. The van der Waals surface area contributed by atoms with Crippen molar-refractivity contribution in [2.45, 2.75) is 0 Å². The lowest BCUT2D eigenvalue weighted by atomic mass is 10.2. The summed E-state index contributed by atoms with van der Waals surface area (Å²) in [5, 5.41) is 2.55. The molecule has 0 radical (unpaired) electrons. The lowest BCUT2D eigenvalue weighted by Gasteiger charge is -2.11. The zero-order chi connectivity index (χ0) is 20.7. The van der Waals surface area contributed by atoms with Crippen molar-refractivity contribution >= 4 is 45.5 Å². The van der Waals surface area contributed by atoms with Gasteiger partial charge in [-0.1, -0.05) is 15.9 Å². The lowest BCUT2D eigenvalue weighted by Crippen LogP contribution is -2.22. The van der Waals surface area contributed by atoms with Crippen molar-refractivity contribution < 1.29 is 23.5 Å². The van der Waals surface area contributed by atoms with Gasteiger partial charge >= 0.3 is 5.97 Å². The summed E-state index contributed by atoms with van der Waals surface area (Å²) in [6, 6.07) is 10.6. The molecule has 0 unspecified atom stereocenters. The molecule has 0 fully saturated rings. The van der Waals surface area contributed by atoms with E-state index >= 15 is 0 Å². The van der Waals surface area contributed by atoms with Crippen molar-refractivity contribution in [3.8, 4) is 0 Å². The molecule has 2 aromatic rings. The van der Waals surface area contributed by atoms with E-state index in [2.05, 4.69) is 21.2 Å². The molecule has 2 amide bonds.